The van der Waals surface area contributed by atoms with E-state index in [0.717, 1.165) is 53.4 Å². The average Bonchev–Trinajstić information content (AvgIpc) is 3.23. The van der Waals surface area contributed by atoms with Gasteiger partial charge in [-0.1, -0.05) is 32.9 Å². The van der Waals surface area contributed by atoms with E-state index in [0.29, 0.717) is 0 Å². The predicted molar refractivity (Wildman–Crippen MR) is 130 cm³/mol. The maximum atomic E-state index is 4.37. The van der Waals surface area contributed by atoms with Crippen LogP contribution >= 0.6 is 0 Å². The number of rotatable bonds is 10. The first-order valence-corrected chi connectivity index (χ1v) is 11.7. The second-order valence-corrected chi connectivity index (χ2v) is 8.15. The van der Waals surface area contributed by atoms with Crippen LogP contribution in [0, 0.1) is 17.8 Å². The first-order valence-electron chi connectivity index (χ1n) is 11.7. The summed E-state index contributed by atoms with van der Waals surface area (Å²) in [5, 5.41) is 12.2. The second-order valence-electron chi connectivity index (χ2n) is 8.15. The molecule has 1 aliphatic carbocycles. The van der Waals surface area contributed by atoms with Gasteiger partial charge in [0.05, 0.1) is 5.69 Å². The summed E-state index contributed by atoms with van der Waals surface area (Å²) < 4.78 is 0. The number of nitrogens with one attached hydrogen (secondary N) is 1. The molecule has 2 fully saturated rings. The van der Waals surface area contributed by atoms with E-state index in [2.05, 4.69) is 51.4 Å². The zero-order valence-electron chi connectivity index (χ0n) is 19.9. The van der Waals surface area contributed by atoms with Crippen molar-refractivity contribution in [2.75, 3.05) is 38.5 Å². The van der Waals surface area contributed by atoms with Gasteiger partial charge in [-0.15, -0.1) is 10.2 Å². The molecule has 1 saturated carbocycles. The number of unbranched alkanes of at least 4 members (excludes halogenated alkanes) is 1. The van der Waals surface area contributed by atoms with Crippen LogP contribution in [-0.2, 0) is 0 Å². The zero-order chi connectivity index (χ0) is 21.9. The molecule has 0 bridgehead atoms. The second kappa shape index (κ2) is 12.6. The van der Waals surface area contributed by atoms with E-state index in [1.807, 2.05) is 39.1 Å². The summed E-state index contributed by atoms with van der Waals surface area (Å²) >= 11 is 0. The molecule has 3 rings (SSSR count). The van der Waals surface area contributed by atoms with Crippen LogP contribution in [-0.4, -0.2) is 54.5 Å². The van der Waals surface area contributed by atoms with Gasteiger partial charge >= 0.3 is 0 Å². The van der Waals surface area contributed by atoms with E-state index in [4.69, 9.17) is 0 Å². The highest BCUT2D eigenvalue weighted by atomic mass is 15.2. The molecule has 5 nitrogen and oxygen atoms in total. The SMILES string of the molecule is CC.CC/C=C\CCCN1CC2C(CNc3ccc(/C(C)=C(\C)C=NC)nn3)C2C1. The lowest BCUT2D eigenvalue weighted by atomic mass is 10.1. The van der Waals surface area contributed by atoms with Crippen molar-refractivity contribution in [3.63, 3.8) is 0 Å². The Hall–Kier alpha value is -2.01. The molecule has 0 aromatic carbocycles. The third-order valence-electron chi connectivity index (χ3n) is 6.18. The molecule has 5 heteroatoms. The summed E-state index contributed by atoms with van der Waals surface area (Å²) in [7, 11) is 1.78. The minimum Gasteiger partial charge on any atom is -0.368 e. The van der Waals surface area contributed by atoms with Crippen LogP contribution in [0.4, 0.5) is 5.82 Å². The number of allylic oxidation sites excluding steroid dienone is 4. The van der Waals surface area contributed by atoms with E-state index in [9.17, 15) is 0 Å². The summed E-state index contributed by atoms with van der Waals surface area (Å²) in [5.74, 6) is 3.45. The molecule has 0 radical (unpaired) electrons. The lowest BCUT2D eigenvalue weighted by molar-refractivity contribution is 0.285. The molecule has 1 aromatic rings. The highest BCUT2D eigenvalue weighted by molar-refractivity contribution is 5.88. The average molecular weight is 412 g/mol. The summed E-state index contributed by atoms with van der Waals surface area (Å²) in [6, 6.07) is 4.08. The summed E-state index contributed by atoms with van der Waals surface area (Å²) in [4.78, 5) is 6.72. The van der Waals surface area contributed by atoms with Crippen LogP contribution < -0.4 is 5.32 Å². The number of hydrogen-bond donors (Lipinski definition) is 1. The largest absolute Gasteiger partial charge is 0.368 e. The van der Waals surface area contributed by atoms with Crippen molar-refractivity contribution >= 4 is 17.6 Å². The molecule has 1 N–H and O–H groups in total. The number of nitrogens with zero attached hydrogens (tertiary/aromatic N) is 4. The zero-order valence-corrected chi connectivity index (χ0v) is 19.9. The van der Waals surface area contributed by atoms with Crippen molar-refractivity contribution in [2.45, 2.75) is 53.9 Å². The van der Waals surface area contributed by atoms with Gasteiger partial charge in [-0.05, 0) is 80.7 Å². The molecule has 2 heterocycles. The van der Waals surface area contributed by atoms with E-state index < -0.39 is 0 Å². The Labute approximate surface area is 183 Å². The molecular formula is C25H41N5. The van der Waals surface area contributed by atoms with Gasteiger partial charge in [0.25, 0.3) is 0 Å². The van der Waals surface area contributed by atoms with Gasteiger partial charge in [-0.25, -0.2) is 0 Å². The van der Waals surface area contributed by atoms with Crippen molar-refractivity contribution in [3.8, 4) is 0 Å². The fourth-order valence-corrected chi connectivity index (χ4v) is 4.28. The monoisotopic (exact) mass is 411 g/mol. The van der Waals surface area contributed by atoms with Crippen LogP contribution in [0.25, 0.3) is 5.57 Å². The summed E-state index contributed by atoms with van der Waals surface area (Å²) in [6.07, 6.45) is 10.1. The topological polar surface area (TPSA) is 53.4 Å². The summed E-state index contributed by atoms with van der Waals surface area (Å²) in [6.45, 7) is 15.1. The van der Waals surface area contributed by atoms with Crippen LogP contribution in [0.15, 0.2) is 34.9 Å². The van der Waals surface area contributed by atoms with E-state index in [1.54, 1.807) is 7.05 Å². The van der Waals surface area contributed by atoms with Gasteiger partial charge in [-0.3, -0.25) is 4.99 Å². The third-order valence-corrected chi connectivity index (χ3v) is 6.18. The number of aromatic nitrogens is 2. The molecule has 1 saturated heterocycles. The quantitative estimate of drug-likeness (QED) is 0.321. The first kappa shape index (κ1) is 24.3. The Morgan fingerprint density at radius 1 is 1.17 bits per heavy atom. The molecule has 0 amide bonds. The number of aliphatic imine (C=N–C) groups is 1. The summed E-state index contributed by atoms with van der Waals surface area (Å²) in [5.41, 5.74) is 3.15. The van der Waals surface area contributed by atoms with E-state index in [-0.39, 0.29) is 0 Å². The van der Waals surface area contributed by atoms with Crippen LogP contribution in [0.3, 0.4) is 0 Å². The maximum Gasteiger partial charge on any atom is 0.148 e. The van der Waals surface area contributed by atoms with Crippen molar-refractivity contribution in [3.05, 3.63) is 35.6 Å². The van der Waals surface area contributed by atoms with Gasteiger partial charge in [0, 0.05) is 32.9 Å². The van der Waals surface area contributed by atoms with E-state index in [1.165, 1.54) is 32.5 Å². The van der Waals surface area contributed by atoms with Crippen LogP contribution in [0.5, 0.6) is 0 Å². The number of hydrogen-bond acceptors (Lipinski definition) is 5. The fourth-order valence-electron chi connectivity index (χ4n) is 4.28. The fraction of sp³-hybridized carbons (Fsp3) is 0.640. The molecule has 30 heavy (non-hydrogen) atoms. The van der Waals surface area contributed by atoms with Gasteiger partial charge in [0.1, 0.15) is 5.82 Å². The smallest absolute Gasteiger partial charge is 0.148 e. The Morgan fingerprint density at radius 2 is 1.90 bits per heavy atom. The van der Waals surface area contributed by atoms with Gasteiger partial charge < -0.3 is 10.2 Å². The first-order chi connectivity index (χ1) is 14.6. The molecule has 2 atom stereocenters. The van der Waals surface area contributed by atoms with Gasteiger partial charge in [0.15, 0.2) is 0 Å². The Balaban J connectivity index is 0.00000155. The highest BCUT2D eigenvalue weighted by Gasteiger charge is 2.54. The molecule has 166 valence electrons. The number of fused-ring (bicyclic) bond motifs is 1. The number of anilines is 1. The highest BCUT2D eigenvalue weighted by Crippen LogP contribution is 2.51. The number of likely N-dealkylation sites (tertiary alicyclic amines) is 1. The standard InChI is InChI=1S/C23H35N5.C2H6/c1-5-6-7-8-9-12-28-15-20-19(21(20)16-28)14-25-23-11-10-22(26-27-23)18(3)17(2)13-24-4;1-2/h6-7,10-11,13,19-21H,5,8-9,12,14-16H2,1-4H3,(H,25,27);1-2H3/b7-6-,18-17+,24-13?;. The van der Waals surface area contributed by atoms with Gasteiger partial charge in [-0.2, -0.15) is 0 Å². The number of piperidine rings is 1. The van der Waals surface area contributed by atoms with Crippen molar-refractivity contribution in [1.82, 2.24) is 15.1 Å². The predicted octanol–water partition coefficient (Wildman–Crippen LogP) is 5.33. The van der Waals surface area contributed by atoms with Crippen molar-refractivity contribution < 1.29 is 0 Å². The molecule has 2 unspecified atom stereocenters. The Bertz CT molecular complexity index is 708. The van der Waals surface area contributed by atoms with Crippen LogP contribution in [0.1, 0.15) is 59.6 Å². The molecule has 1 aliphatic heterocycles. The minimum absolute atomic E-state index is 0.808. The molecule has 0 spiro atoms. The Morgan fingerprint density at radius 3 is 2.50 bits per heavy atom. The van der Waals surface area contributed by atoms with E-state index >= 15 is 0 Å². The lowest BCUT2D eigenvalue weighted by Crippen LogP contribution is -2.27. The molecule has 1 aromatic heterocycles. The minimum atomic E-state index is 0.808. The van der Waals surface area contributed by atoms with Crippen molar-refractivity contribution in [2.24, 2.45) is 22.7 Å². The van der Waals surface area contributed by atoms with Crippen molar-refractivity contribution in [1.29, 1.82) is 0 Å². The molecule has 2 aliphatic rings. The van der Waals surface area contributed by atoms with Crippen LogP contribution in [0.2, 0.25) is 0 Å². The van der Waals surface area contributed by atoms with Gasteiger partial charge in [0.2, 0.25) is 0 Å². The normalized spacial score (nSPS) is 23.9. The molecular weight excluding hydrogens is 370 g/mol. The Kier molecular flexibility index (Phi) is 10.2. The maximum absolute atomic E-state index is 4.37. The lowest BCUT2D eigenvalue weighted by Gasteiger charge is -2.19. The third kappa shape index (κ3) is 6.76.